The molecule has 0 aliphatic carbocycles. The van der Waals surface area contributed by atoms with Gasteiger partial charge in [-0.05, 0) is 39.8 Å². The van der Waals surface area contributed by atoms with Crippen LogP contribution in [0.5, 0.6) is 0 Å². The molecule has 0 aromatic carbocycles. The fraction of sp³-hybridized carbons (Fsp3) is 0.875. The second-order valence-electron chi connectivity index (χ2n) is 4.30. The fourth-order valence-corrected chi connectivity index (χ4v) is 1.27. The number of rotatable bonds is 5. The highest BCUT2D eigenvalue weighted by Gasteiger charge is 2.13. The van der Waals surface area contributed by atoms with E-state index in [1.165, 1.54) is 12.8 Å². The Balaban J connectivity index is -0.000000337. The molecule has 0 radical (unpaired) electrons. The van der Waals surface area contributed by atoms with Gasteiger partial charge >= 0.3 is 0 Å². The van der Waals surface area contributed by atoms with Crippen LogP contribution in [-0.2, 0) is 0 Å². The first-order valence-electron chi connectivity index (χ1n) is 7.36. The summed E-state index contributed by atoms with van der Waals surface area (Å²) in [6, 6.07) is 0.686. The Bertz CT molecular complexity index is 140. The maximum Gasteiger partial charge on any atom is 0.00923 e. The molecule has 0 aromatic rings. The van der Waals surface area contributed by atoms with Gasteiger partial charge in [-0.2, -0.15) is 0 Å². The minimum absolute atomic E-state index is 0.686. The predicted molar refractivity (Wildman–Crippen MR) is 83.7 cm³/mol. The molecule has 2 atom stereocenters. The highest BCUT2D eigenvalue weighted by molar-refractivity contribution is 4.82. The lowest BCUT2D eigenvalue weighted by atomic mass is 9.98. The first kappa shape index (κ1) is 21.9. The van der Waals surface area contributed by atoms with E-state index in [2.05, 4.69) is 65.6 Å². The van der Waals surface area contributed by atoms with Crippen molar-refractivity contribution in [1.29, 1.82) is 0 Å². The van der Waals surface area contributed by atoms with Crippen molar-refractivity contribution in [3.8, 4) is 0 Å². The largest absolute Gasteiger partial charge is 0.304 e. The summed E-state index contributed by atoms with van der Waals surface area (Å²) in [7, 11) is 2.19. The molecule has 0 saturated carbocycles. The van der Waals surface area contributed by atoms with E-state index in [1.807, 2.05) is 13.8 Å². The summed E-state index contributed by atoms with van der Waals surface area (Å²) in [5.74, 6) is 0.756. The molecule has 0 N–H and O–H groups in total. The molecule has 1 nitrogen and oxygen atoms in total. The third kappa shape index (κ3) is 15.7. The molecule has 17 heavy (non-hydrogen) atoms. The number of hydrogen-bond acceptors (Lipinski definition) is 1. The van der Waals surface area contributed by atoms with E-state index in [1.54, 1.807) is 0 Å². The Labute approximate surface area is 111 Å². The van der Waals surface area contributed by atoms with Crippen molar-refractivity contribution in [2.75, 3.05) is 13.6 Å². The molecule has 0 rings (SSSR count). The van der Waals surface area contributed by atoms with Crippen molar-refractivity contribution >= 4 is 0 Å². The summed E-state index contributed by atoms with van der Waals surface area (Å²) in [6.07, 6.45) is 6.84. The lowest BCUT2D eigenvalue weighted by Gasteiger charge is -2.28. The second kappa shape index (κ2) is 18.1. The van der Waals surface area contributed by atoms with Gasteiger partial charge in [0.2, 0.25) is 0 Å². The van der Waals surface area contributed by atoms with E-state index in [4.69, 9.17) is 0 Å². The quantitative estimate of drug-likeness (QED) is 0.587. The van der Waals surface area contributed by atoms with E-state index in [0.717, 1.165) is 12.5 Å². The van der Waals surface area contributed by atoms with Gasteiger partial charge in [-0.25, -0.2) is 0 Å². The van der Waals surface area contributed by atoms with Crippen LogP contribution in [-0.4, -0.2) is 24.5 Å². The topological polar surface area (TPSA) is 3.24 Å². The minimum Gasteiger partial charge on any atom is -0.304 e. The Kier molecular flexibility index (Phi) is 23.3. The zero-order valence-corrected chi connectivity index (χ0v) is 13.9. The van der Waals surface area contributed by atoms with Crippen molar-refractivity contribution in [2.45, 2.75) is 74.3 Å². The van der Waals surface area contributed by atoms with E-state index in [9.17, 15) is 0 Å². The first-order valence-corrected chi connectivity index (χ1v) is 7.36. The predicted octanol–water partition coefficient (Wildman–Crippen LogP) is 5.37. The summed E-state index contributed by atoms with van der Waals surface area (Å²) in [6.45, 7) is 18.3. The van der Waals surface area contributed by atoms with Crippen molar-refractivity contribution in [3.63, 3.8) is 0 Å². The maximum absolute atomic E-state index is 2.40. The molecular formula is C16H37N. The molecule has 2 unspecified atom stereocenters. The lowest BCUT2D eigenvalue weighted by Crippen LogP contribution is -2.33. The smallest absolute Gasteiger partial charge is 0.00923 e. The molecule has 0 saturated heterocycles. The molecule has 0 aromatic heterocycles. The SMILES string of the molecule is C/C=C\CC(C)C(C)N(C)CC.CC.CCC. The first-order chi connectivity index (χ1) is 8.04. The zero-order valence-electron chi connectivity index (χ0n) is 13.9. The molecular weight excluding hydrogens is 206 g/mol. The van der Waals surface area contributed by atoms with E-state index < -0.39 is 0 Å². The number of nitrogens with zero attached hydrogens (tertiary/aromatic N) is 1. The van der Waals surface area contributed by atoms with Crippen molar-refractivity contribution < 1.29 is 0 Å². The third-order valence-electron chi connectivity index (χ3n) is 2.76. The van der Waals surface area contributed by atoms with E-state index in [-0.39, 0.29) is 0 Å². The fourth-order valence-electron chi connectivity index (χ4n) is 1.27. The zero-order chi connectivity index (χ0) is 14.3. The molecule has 0 heterocycles. The van der Waals surface area contributed by atoms with Gasteiger partial charge in [0.25, 0.3) is 0 Å². The van der Waals surface area contributed by atoms with Gasteiger partial charge in [-0.1, -0.05) is 60.1 Å². The van der Waals surface area contributed by atoms with E-state index in [0.29, 0.717) is 6.04 Å². The van der Waals surface area contributed by atoms with Crippen LogP contribution in [0, 0.1) is 5.92 Å². The Morgan fingerprint density at radius 2 is 1.47 bits per heavy atom. The van der Waals surface area contributed by atoms with Gasteiger partial charge in [0.15, 0.2) is 0 Å². The van der Waals surface area contributed by atoms with Gasteiger partial charge in [0.1, 0.15) is 0 Å². The lowest BCUT2D eigenvalue weighted by molar-refractivity contribution is 0.209. The Morgan fingerprint density at radius 1 is 1.06 bits per heavy atom. The summed E-state index contributed by atoms with van der Waals surface area (Å²) in [5.41, 5.74) is 0. The molecule has 0 fully saturated rings. The molecule has 106 valence electrons. The summed E-state index contributed by atoms with van der Waals surface area (Å²) < 4.78 is 0. The summed E-state index contributed by atoms with van der Waals surface area (Å²) >= 11 is 0. The molecule has 0 aliphatic rings. The summed E-state index contributed by atoms with van der Waals surface area (Å²) in [4.78, 5) is 2.40. The Morgan fingerprint density at radius 3 is 1.76 bits per heavy atom. The van der Waals surface area contributed by atoms with Gasteiger partial charge in [-0.3, -0.25) is 0 Å². The van der Waals surface area contributed by atoms with Crippen molar-refractivity contribution in [2.24, 2.45) is 5.92 Å². The van der Waals surface area contributed by atoms with Crippen molar-refractivity contribution in [1.82, 2.24) is 4.90 Å². The standard InChI is InChI=1S/C11H23N.C3H8.C2H6/c1-6-8-9-10(3)11(4)12(5)7-2;1-3-2;1-2/h6,8,10-11H,7,9H2,1-5H3;3H2,1-2H3;1-2H3/b8-6-;;. The molecule has 1 heteroatoms. The van der Waals surface area contributed by atoms with Gasteiger partial charge in [0, 0.05) is 6.04 Å². The third-order valence-corrected chi connectivity index (χ3v) is 2.76. The highest BCUT2D eigenvalue weighted by Crippen LogP contribution is 2.13. The monoisotopic (exact) mass is 243 g/mol. The normalized spacial score (nSPS) is 13.5. The maximum atomic E-state index is 2.40. The average Bonchev–Trinajstić information content (AvgIpc) is 2.37. The molecule has 0 spiro atoms. The molecule has 0 aliphatic heterocycles. The Hall–Kier alpha value is -0.300. The van der Waals surface area contributed by atoms with Crippen molar-refractivity contribution in [3.05, 3.63) is 12.2 Å². The van der Waals surface area contributed by atoms with Crippen LogP contribution >= 0.6 is 0 Å². The van der Waals surface area contributed by atoms with Crippen LogP contribution in [0.3, 0.4) is 0 Å². The average molecular weight is 243 g/mol. The molecule has 0 bridgehead atoms. The number of allylic oxidation sites excluding steroid dienone is 2. The van der Waals surface area contributed by atoms with Crippen LogP contribution in [0.2, 0.25) is 0 Å². The van der Waals surface area contributed by atoms with Gasteiger partial charge < -0.3 is 4.90 Å². The van der Waals surface area contributed by atoms with Crippen LogP contribution in [0.4, 0.5) is 0 Å². The van der Waals surface area contributed by atoms with Crippen LogP contribution < -0.4 is 0 Å². The van der Waals surface area contributed by atoms with Crippen LogP contribution in [0.15, 0.2) is 12.2 Å². The van der Waals surface area contributed by atoms with Crippen LogP contribution in [0.25, 0.3) is 0 Å². The van der Waals surface area contributed by atoms with Gasteiger partial charge in [0.05, 0.1) is 0 Å². The van der Waals surface area contributed by atoms with Crippen LogP contribution in [0.1, 0.15) is 68.2 Å². The number of hydrogen-bond donors (Lipinski definition) is 0. The molecule has 0 amide bonds. The summed E-state index contributed by atoms with van der Waals surface area (Å²) in [5, 5.41) is 0. The minimum atomic E-state index is 0.686. The van der Waals surface area contributed by atoms with Gasteiger partial charge in [-0.15, -0.1) is 0 Å². The second-order valence-corrected chi connectivity index (χ2v) is 4.30. The van der Waals surface area contributed by atoms with E-state index >= 15 is 0 Å². The highest BCUT2D eigenvalue weighted by atomic mass is 15.1.